The number of aromatic nitrogens is 2. The number of hydrogen-bond acceptors (Lipinski definition) is 5. The van der Waals surface area contributed by atoms with Crippen molar-refractivity contribution in [1.29, 1.82) is 0 Å². The van der Waals surface area contributed by atoms with Crippen LogP contribution in [0, 0.1) is 18.6 Å². The van der Waals surface area contributed by atoms with E-state index in [1.54, 1.807) is 24.3 Å². The topological polar surface area (TPSA) is 70.2 Å². The van der Waals surface area contributed by atoms with E-state index in [1.807, 2.05) is 13.0 Å². The highest BCUT2D eigenvalue weighted by molar-refractivity contribution is 5.92. The maximum Gasteiger partial charge on any atom is 0.229 e. The van der Waals surface area contributed by atoms with E-state index < -0.39 is 17.5 Å². The first-order chi connectivity index (χ1) is 14.9. The lowest BCUT2D eigenvalue weighted by Gasteiger charge is -2.20. The molecule has 6 nitrogen and oxygen atoms in total. The third-order valence-corrected chi connectivity index (χ3v) is 4.72. The van der Waals surface area contributed by atoms with Crippen molar-refractivity contribution in [1.82, 2.24) is 9.97 Å². The van der Waals surface area contributed by atoms with E-state index in [4.69, 9.17) is 0 Å². The summed E-state index contributed by atoms with van der Waals surface area (Å²) in [5.74, 6) is -0.456. The summed E-state index contributed by atoms with van der Waals surface area (Å²) in [6.07, 6.45) is -0.183. The van der Waals surface area contributed by atoms with Gasteiger partial charge in [0, 0.05) is 42.3 Å². The van der Waals surface area contributed by atoms with Crippen molar-refractivity contribution in [2.45, 2.75) is 27.2 Å². The molecule has 2 N–H and O–H groups in total. The standard InChI is InChI=1S/C23H25F2N5O/c1-4-30(5-2)21-12-15(3)26-23(29-21)28-19-10-8-18(9-11-19)27-22(31)13-16-6-7-17(24)14-20(16)25/h6-12,14H,4-5,13H2,1-3H3,(H,27,31)(H,26,28,29). The van der Waals surface area contributed by atoms with Gasteiger partial charge in [0.15, 0.2) is 0 Å². The van der Waals surface area contributed by atoms with Crippen LogP contribution < -0.4 is 15.5 Å². The Morgan fingerprint density at radius 3 is 2.29 bits per heavy atom. The second kappa shape index (κ2) is 9.97. The van der Waals surface area contributed by atoms with Crippen LogP contribution in [-0.2, 0) is 11.2 Å². The fourth-order valence-electron chi connectivity index (χ4n) is 3.13. The first-order valence-electron chi connectivity index (χ1n) is 10.1. The molecule has 0 aliphatic heterocycles. The zero-order valence-electron chi connectivity index (χ0n) is 17.7. The number of carbonyl (C=O) groups is 1. The molecule has 0 saturated carbocycles. The smallest absolute Gasteiger partial charge is 0.229 e. The summed E-state index contributed by atoms with van der Waals surface area (Å²) in [6.45, 7) is 7.77. The second-order valence-electron chi connectivity index (χ2n) is 7.03. The van der Waals surface area contributed by atoms with Crippen LogP contribution in [0.2, 0.25) is 0 Å². The van der Waals surface area contributed by atoms with E-state index in [0.29, 0.717) is 11.6 Å². The summed E-state index contributed by atoms with van der Waals surface area (Å²) in [6, 6.07) is 12.1. The highest BCUT2D eigenvalue weighted by Crippen LogP contribution is 2.20. The van der Waals surface area contributed by atoms with Crippen LogP contribution in [0.15, 0.2) is 48.5 Å². The first-order valence-corrected chi connectivity index (χ1v) is 10.1. The van der Waals surface area contributed by atoms with Gasteiger partial charge in [-0.1, -0.05) is 6.07 Å². The molecule has 1 aromatic heterocycles. The molecule has 0 aliphatic rings. The third-order valence-electron chi connectivity index (χ3n) is 4.72. The molecule has 2 aromatic carbocycles. The highest BCUT2D eigenvalue weighted by atomic mass is 19.1. The van der Waals surface area contributed by atoms with E-state index in [-0.39, 0.29) is 12.0 Å². The van der Waals surface area contributed by atoms with Gasteiger partial charge < -0.3 is 15.5 Å². The molecule has 3 aromatic rings. The summed E-state index contributed by atoms with van der Waals surface area (Å²) in [5.41, 5.74) is 2.32. The minimum absolute atomic E-state index is 0.137. The first kappa shape index (κ1) is 22.1. The molecular formula is C23H25F2N5O. The maximum atomic E-state index is 13.7. The lowest BCUT2D eigenvalue weighted by atomic mass is 10.1. The van der Waals surface area contributed by atoms with Crippen molar-refractivity contribution in [2.24, 2.45) is 0 Å². The Balaban J connectivity index is 1.64. The molecule has 0 atom stereocenters. The van der Waals surface area contributed by atoms with Gasteiger partial charge in [0.1, 0.15) is 17.5 Å². The summed E-state index contributed by atoms with van der Waals surface area (Å²) in [5, 5.41) is 5.88. The lowest BCUT2D eigenvalue weighted by Crippen LogP contribution is -2.23. The van der Waals surface area contributed by atoms with E-state index in [0.717, 1.165) is 42.4 Å². The average molecular weight is 425 g/mol. The van der Waals surface area contributed by atoms with E-state index in [2.05, 4.69) is 39.3 Å². The molecule has 8 heteroatoms. The number of nitrogens with zero attached hydrogens (tertiary/aromatic N) is 3. The molecule has 162 valence electrons. The number of carbonyl (C=O) groups excluding carboxylic acids is 1. The van der Waals surface area contributed by atoms with Gasteiger partial charge in [-0.25, -0.2) is 13.8 Å². The molecule has 3 rings (SSSR count). The summed E-state index contributed by atoms with van der Waals surface area (Å²) >= 11 is 0. The predicted octanol–water partition coefficient (Wildman–Crippen LogP) is 4.83. The van der Waals surface area contributed by atoms with Crippen LogP contribution in [0.1, 0.15) is 25.1 Å². The van der Waals surface area contributed by atoms with Crippen molar-refractivity contribution in [3.05, 3.63) is 71.4 Å². The zero-order chi connectivity index (χ0) is 22.4. The molecule has 0 saturated heterocycles. The van der Waals surface area contributed by atoms with Gasteiger partial charge in [-0.3, -0.25) is 4.79 Å². The Bertz CT molecular complexity index is 1050. The number of benzene rings is 2. The van der Waals surface area contributed by atoms with E-state index in [9.17, 15) is 13.6 Å². The van der Waals surface area contributed by atoms with Gasteiger partial charge >= 0.3 is 0 Å². The van der Waals surface area contributed by atoms with Crippen LogP contribution in [0.5, 0.6) is 0 Å². The predicted molar refractivity (Wildman–Crippen MR) is 119 cm³/mol. The molecule has 0 bridgehead atoms. The number of halogens is 2. The SMILES string of the molecule is CCN(CC)c1cc(C)nc(Nc2ccc(NC(=O)Cc3ccc(F)cc3F)cc2)n1. The molecule has 0 fully saturated rings. The van der Waals surface area contributed by atoms with Crippen molar-refractivity contribution in [3.63, 3.8) is 0 Å². The van der Waals surface area contributed by atoms with E-state index >= 15 is 0 Å². The molecule has 0 aliphatic carbocycles. The van der Waals surface area contributed by atoms with Gasteiger partial charge in [-0.2, -0.15) is 4.98 Å². The fourth-order valence-corrected chi connectivity index (χ4v) is 3.13. The van der Waals surface area contributed by atoms with Gasteiger partial charge in [0.05, 0.1) is 6.42 Å². The largest absolute Gasteiger partial charge is 0.357 e. The molecule has 1 amide bonds. The third kappa shape index (κ3) is 5.97. The van der Waals surface area contributed by atoms with Crippen LogP contribution in [-0.4, -0.2) is 29.0 Å². The van der Waals surface area contributed by atoms with Crippen molar-refractivity contribution < 1.29 is 13.6 Å². The Hall–Kier alpha value is -3.55. The van der Waals surface area contributed by atoms with Gasteiger partial charge in [0.25, 0.3) is 0 Å². The van der Waals surface area contributed by atoms with Crippen LogP contribution in [0.25, 0.3) is 0 Å². The molecule has 0 spiro atoms. The highest BCUT2D eigenvalue weighted by Gasteiger charge is 2.11. The Labute approximate surface area is 180 Å². The van der Waals surface area contributed by atoms with Crippen LogP contribution in [0.4, 0.5) is 31.9 Å². The maximum absolute atomic E-state index is 13.7. The van der Waals surface area contributed by atoms with Crippen molar-refractivity contribution in [2.75, 3.05) is 28.6 Å². The van der Waals surface area contributed by atoms with Crippen LogP contribution >= 0.6 is 0 Å². The number of anilines is 4. The van der Waals surface area contributed by atoms with Crippen molar-refractivity contribution >= 4 is 29.0 Å². The van der Waals surface area contributed by atoms with Crippen LogP contribution in [0.3, 0.4) is 0 Å². The summed E-state index contributed by atoms with van der Waals surface area (Å²) < 4.78 is 26.7. The number of aryl methyl sites for hydroxylation is 1. The average Bonchev–Trinajstić information content (AvgIpc) is 2.72. The molecule has 1 heterocycles. The lowest BCUT2D eigenvalue weighted by molar-refractivity contribution is -0.115. The summed E-state index contributed by atoms with van der Waals surface area (Å²) in [7, 11) is 0. The normalized spacial score (nSPS) is 10.6. The number of hydrogen-bond donors (Lipinski definition) is 2. The molecule has 0 radical (unpaired) electrons. The van der Waals surface area contributed by atoms with Gasteiger partial charge in [-0.05, 0) is 56.7 Å². The Kier molecular flexibility index (Phi) is 7.12. The zero-order valence-corrected chi connectivity index (χ0v) is 17.7. The second-order valence-corrected chi connectivity index (χ2v) is 7.03. The minimum atomic E-state index is -0.739. The number of nitrogens with one attached hydrogen (secondary N) is 2. The fraction of sp³-hybridized carbons (Fsp3) is 0.261. The van der Waals surface area contributed by atoms with Crippen molar-refractivity contribution in [3.8, 4) is 0 Å². The minimum Gasteiger partial charge on any atom is -0.357 e. The monoisotopic (exact) mass is 425 g/mol. The quantitative estimate of drug-likeness (QED) is 0.541. The Morgan fingerprint density at radius 1 is 0.968 bits per heavy atom. The molecule has 31 heavy (non-hydrogen) atoms. The Morgan fingerprint density at radius 2 is 1.65 bits per heavy atom. The summed E-state index contributed by atoms with van der Waals surface area (Å²) in [4.78, 5) is 23.3. The number of amides is 1. The number of rotatable bonds is 8. The molecule has 0 unspecified atom stereocenters. The van der Waals surface area contributed by atoms with Gasteiger partial charge in [-0.15, -0.1) is 0 Å². The molecular weight excluding hydrogens is 400 g/mol. The van der Waals surface area contributed by atoms with Gasteiger partial charge in [0.2, 0.25) is 11.9 Å². The van der Waals surface area contributed by atoms with E-state index in [1.165, 1.54) is 6.07 Å².